The van der Waals surface area contributed by atoms with Crippen LogP contribution in [-0.2, 0) is 9.59 Å². The van der Waals surface area contributed by atoms with Crippen molar-refractivity contribution in [3.8, 4) is 0 Å². The highest BCUT2D eigenvalue weighted by Crippen LogP contribution is 2.09. The molecule has 1 aromatic rings. The highest BCUT2D eigenvalue weighted by atomic mass is 16.2. The molecule has 0 saturated carbocycles. The largest absolute Gasteiger partial charge is 0.341 e. The number of hydrogen-bond donors (Lipinski definition) is 3. The van der Waals surface area contributed by atoms with Crippen molar-refractivity contribution in [2.45, 2.75) is 12.1 Å². The van der Waals surface area contributed by atoms with Crippen LogP contribution in [0.25, 0.3) is 0 Å². The zero-order valence-corrected chi connectivity index (χ0v) is 8.80. The predicted molar refractivity (Wildman–Crippen MR) is 60.4 cm³/mol. The Morgan fingerprint density at radius 1 is 1.38 bits per heavy atom. The van der Waals surface area contributed by atoms with Crippen molar-refractivity contribution in [3.05, 3.63) is 35.9 Å². The van der Waals surface area contributed by atoms with Gasteiger partial charge in [0.05, 0.1) is 6.04 Å². The van der Waals surface area contributed by atoms with Crippen LogP contribution in [0.5, 0.6) is 0 Å². The molecule has 0 fully saturated rings. The normalized spacial score (nSPS) is 13.9. The molecule has 1 aromatic carbocycles. The summed E-state index contributed by atoms with van der Waals surface area (Å²) < 4.78 is 0. The predicted octanol–water partition coefficient (Wildman–Crippen LogP) is -0.671. The maximum Gasteiger partial charge on any atom is 0.239 e. The summed E-state index contributed by atoms with van der Waals surface area (Å²) in [6, 6.07) is 7.47. The van der Waals surface area contributed by atoms with E-state index in [1.54, 1.807) is 24.3 Å². The third-order valence-electron chi connectivity index (χ3n) is 2.18. The minimum atomic E-state index is -0.786. The molecule has 5 N–H and O–H groups in total. The second-order valence-electron chi connectivity index (χ2n) is 3.38. The van der Waals surface area contributed by atoms with Crippen molar-refractivity contribution in [3.63, 3.8) is 0 Å². The maximum atomic E-state index is 11.4. The number of benzene rings is 1. The van der Waals surface area contributed by atoms with Gasteiger partial charge in [-0.05, 0) is 5.56 Å². The van der Waals surface area contributed by atoms with Gasteiger partial charge in [-0.25, -0.2) is 0 Å². The molecule has 86 valence electrons. The van der Waals surface area contributed by atoms with Crippen LogP contribution < -0.4 is 16.8 Å². The molecule has 0 aliphatic heterocycles. The lowest BCUT2D eigenvalue weighted by Gasteiger charge is -2.15. The molecule has 2 atom stereocenters. The second kappa shape index (κ2) is 5.99. The van der Waals surface area contributed by atoms with Crippen molar-refractivity contribution < 1.29 is 9.59 Å². The summed E-state index contributed by atoms with van der Waals surface area (Å²) in [4.78, 5) is 22.3. The second-order valence-corrected chi connectivity index (χ2v) is 3.38. The van der Waals surface area contributed by atoms with Gasteiger partial charge in [-0.1, -0.05) is 30.3 Å². The van der Waals surface area contributed by atoms with Crippen LogP contribution in [0.4, 0.5) is 0 Å². The summed E-state index contributed by atoms with van der Waals surface area (Å²) in [5, 5.41) is 2.52. The van der Waals surface area contributed by atoms with Gasteiger partial charge in [-0.15, -0.1) is 0 Å². The van der Waals surface area contributed by atoms with Crippen LogP contribution >= 0.6 is 0 Å². The Kier molecular flexibility index (Phi) is 4.63. The van der Waals surface area contributed by atoms with E-state index in [1.807, 2.05) is 6.07 Å². The van der Waals surface area contributed by atoms with Crippen LogP contribution in [-0.4, -0.2) is 24.8 Å². The molecule has 0 aromatic heterocycles. The zero-order valence-electron chi connectivity index (χ0n) is 8.80. The highest BCUT2D eigenvalue weighted by Gasteiger charge is 2.17. The summed E-state index contributed by atoms with van der Waals surface area (Å²) in [6.45, 7) is 0.0478. The number of nitrogens with two attached hydrogens (primary N) is 2. The molecule has 5 nitrogen and oxygen atoms in total. The first kappa shape index (κ1) is 12.4. The molecule has 5 heteroatoms. The smallest absolute Gasteiger partial charge is 0.239 e. The van der Waals surface area contributed by atoms with Gasteiger partial charge in [0.15, 0.2) is 0 Å². The van der Waals surface area contributed by atoms with Crippen LogP contribution in [0, 0.1) is 0 Å². The van der Waals surface area contributed by atoms with E-state index >= 15 is 0 Å². The van der Waals surface area contributed by atoms with Gasteiger partial charge in [0.25, 0.3) is 0 Å². The van der Waals surface area contributed by atoms with E-state index in [-0.39, 0.29) is 6.54 Å². The summed E-state index contributed by atoms with van der Waals surface area (Å²) in [5.41, 5.74) is 11.4. The zero-order chi connectivity index (χ0) is 12.0. The number of nitrogens with one attached hydrogen (secondary N) is 1. The summed E-state index contributed by atoms with van der Waals surface area (Å²) in [5.74, 6) is -0.427. The van der Waals surface area contributed by atoms with Crippen molar-refractivity contribution >= 4 is 12.2 Å². The third kappa shape index (κ3) is 3.15. The minimum Gasteiger partial charge on any atom is -0.341 e. The molecule has 0 unspecified atom stereocenters. The third-order valence-corrected chi connectivity index (χ3v) is 2.18. The lowest BCUT2D eigenvalue weighted by atomic mass is 10.1. The number of rotatable bonds is 5. The van der Waals surface area contributed by atoms with Crippen LogP contribution in [0.3, 0.4) is 0 Å². The van der Waals surface area contributed by atoms with E-state index in [1.165, 1.54) is 0 Å². The number of aldehydes is 1. The molecule has 0 heterocycles. The lowest BCUT2D eigenvalue weighted by Crippen LogP contribution is -2.46. The van der Waals surface area contributed by atoms with Gasteiger partial charge in [0.1, 0.15) is 12.3 Å². The van der Waals surface area contributed by atoms with E-state index in [4.69, 9.17) is 11.5 Å². The van der Waals surface area contributed by atoms with Gasteiger partial charge in [0.2, 0.25) is 5.91 Å². The van der Waals surface area contributed by atoms with Gasteiger partial charge < -0.3 is 21.6 Å². The first-order chi connectivity index (χ1) is 7.69. The monoisotopic (exact) mass is 221 g/mol. The molecular formula is C11H15N3O2. The molecule has 0 aliphatic rings. The Bertz CT molecular complexity index is 354. The average molecular weight is 221 g/mol. The summed E-state index contributed by atoms with van der Waals surface area (Å²) in [7, 11) is 0. The number of amides is 1. The molecule has 0 spiro atoms. The quantitative estimate of drug-likeness (QED) is 0.574. The Hall–Kier alpha value is -1.72. The Morgan fingerprint density at radius 3 is 2.50 bits per heavy atom. The van der Waals surface area contributed by atoms with E-state index in [0.717, 1.165) is 5.56 Å². The van der Waals surface area contributed by atoms with Gasteiger partial charge in [-0.3, -0.25) is 4.79 Å². The fourth-order valence-corrected chi connectivity index (χ4v) is 1.22. The summed E-state index contributed by atoms with van der Waals surface area (Å²) >= 11 is 0. The van der Waals surface area contributed by atoms with Gasteiger partial charge in [0, 0.05) is 6.54 Å². The Morgan fingerprint density at radius 2 is 2.00 bits per heavy atom. The maximum absolute atomic E-state index is 11.4. The van der Waals surface area contributed by atoms with Crippen molar-refractivity contribution in [1.29, 1.82) is 0 Å². The number of hydrogen-bond acceptors (Lipinski definition) is 4. The van der Waals surface area contributed by atoms with Crippen molar-refractivity contribution in [2.24, 2.45) is 11.5 Å². The van der Waals surface area contributed by atoms with E-state index in [9.17, 15) is 9.59 Å². The first-order valence-electron chi connectivity index (χ1n) is 4.95. The molecule has 0 aliphatic carbocycles. The fraction of sp³-hybridized carbons (Fsp3) is 0.273. The van der Waals surface area contributed by atoms with Crippen LogP contribution in [0.2, 0.25) is 0 Å². The topological polar surface area (TPSA) is 98.2 Å². The summed E-state index contributed by atoms with van der Waals surface area (Å²) in [6.07, 6.45) is 0.663. The molecule has 0 radical (unpaired) electrons. The van der Waals surface area contributed by atoms with Crippen molar-refractivity contribution in [2.75, 3.05) is 6.54 Å². The molecule has 0 bridgehead atoms. The van der Waals surface area contributed by atoms with Gasteiger partial charge >= 0.3 is 0 Å². The SMILES string of the molecule is NC[C@@H](N)C(=O)N[C@@H](C=O)c1ccccc1. The molecule has 0 saturated heterocycles. The molecular weight excluding hydrogens is 206 g/mol. The Balaban J connectivity index is 2.70. The van der Waals surface area contributed by atoms with Gasteiger partial charge in [-0.2, -0.15) is 0 Å². The molecule has 1 amide bonds. The molecule has 16 heavy (non-hydrogen) atoms. The Labute approximate surface area is 93.8 Å². The number of carbonyl (C=O) groups is 2. The minimum absolute atomic E-state index is 0.0478. The van der Waals surface area contributed by atoms with E-state index in [0.29, 0.717) is 6.29 Å². The first-order valence-corrected chi connectivity index (χ1v) is 4.95. The van der Waals surface area contributed by atoms with E-state index < -0.39 is 18.0 Å². The molecule has 1 rings (SSSR count). The average Bonchev–Trinajstić information content (AvgIpc) is 2.35. The lowest BCUT2D eigenvalue weighted by molar-refractivity contribution is -0.125. The highest BCUT2D eigenvalue weighted by molar-refractivity contribution is 5.84. The van der Waals surface area contributed by atoms with Crippen molar-refractivity contribution in [1.82, 2.24) is 5.32 Å². The van der Waals surface area contributed by atoms with Crippen LogP contribution in [0.15, 0.2) is 30.3 Å². The standard InChI is InChI=1S/C11H15N3O2/c12-6-9(13)11(16)14-10(7-15)8-4-2-1-3-5-8/h1-5,7,9-10H,6,12-13H2,(H,14,16)/t9-,10+/m1/s1. The van der Waals surface area contributed by atoms with E-state index in [2.05, 4.69) is 5.32 Å². The fourth-order valence-electron chi connectivity index (χ4n) is 1.22. The number of carbonyl (C=O) groups excluding carboxylic acids is 2. The van der Waals surface area contributed by atoms with Crippen LogP contribution in [0.1, 0.15) is 11.6 Å².